The van der Waals surface area contributed by atoms with Gasteiger partial charge in [-0.2, -0.15) is 18.3 Å². The van der Waals surface area contributed by atoms with Gasteiger partial charge in [0.05, 0.1) is 24.0 Å². The number of carbonyl (C=O) groups excluding carboxylic acids is 2. The van der Waals surface area contributed by atoms with E-state index in [0.717, 1.165) is 28.9 Å². The highest BCUT2D eigenvalue weighted by atomic mass is 19.4. The minimum Gasteiger partial charge on any atom is -0.408 e. The van der Waals surface area contributed by atoms with Gasteiger partial charge in [-0.15, -0.1) is 0 Å². The number of hydrogen-bond acceptors (Lipinski definition) is 7. The van der Waals surface area contributed by atoms with E-state index in [1.165, 1.54) is 17.7 Å². The fourth-order valence-electron chi connectivity index (χ4n) is 3.77. The summed E-state index contributed by atoms with van der Waals surface area (Å²) in [6.45, 7) is -0.373. The van der Waals surface area contributed by atoms with Gasteiger partial charge in [0.25, 0.3) is 11.8 Å². The van der Waals surface area contributed by atoms with Gasteiger partial charge in [0.1, 0.15) is 17.1 Å². The number of pyridine rings is 1. The summed E-state index contributed by atoms with van der Waals surface area (Å²) in [6.07, 6.45) is -3.85. The number of halogens is 4. The number of amides is 2. The van der Waals surface area contributed by atoms with E-state index in [4.69, 9.17) is 4.42 Å². The fourth-order valence-corrected chi connectivity index (χ4v) is 3.77. The van der Waals surface area contributed by atoms with Crippen molar-refractivity contribution in [2.45, 2.75) is 19.3 Å². The van der Waals surface area contributed by atoms with E-state index in [-0.39, 0.29) is 30.2 Å². The summed E-state index contributed by atoms with van der Waals surface area (Å²) in [5, 5.41) is 8.76. The van der Waals surface area contributed by atoms with Crippen molar-refractivity contribution >= 4 is 28.6 Å². The lowest BCUT2D eigenvalue weighted by Gasteiger charge is -2.11. The molecule has 0 saturated heterocycles. The lowest BCUT2D eigenvalue weighted by molar-refractivity contribution is -0.141. The SMILES string of the molecule is Cn1c(=O)oc2ccc(CNC(=O)c3cc(C(=O)NCc4cccc(C(F)(F)F)n4)n4ncc(F)c4n3)cc21. The second-order valence-electron chi connectivity index (χ2n) is 8.36. The van der Waals surface area contributed by atoms with Crippen molar-refractivity contribution in [3.05, 3.63) is 93.4 Å². The maximum atomic E-state index is 14.3. The van der Waals surface area contributed by atoms with Gasteiger partial charge in [0, 0.05) is 19.7 Å². The quantitative estimate of drug-likeness (QED) is 0.314. The largest absolute Gasteiger partial charge is 0.433 e. The number of alkyl halides is 3. The third-order valence-corrected chi connectivity index (χ3v) is 5.73. The standard InChI is InChI=1S/C24H17F4N7O4/c1-34-16-7-12(5-6-18(16)39-23(34)38)9-29-21(36)15-8-17(35-20(33-15)14(25)11-31-35)22(37)30-10-13-3-2-4-19(32-13)24(26,27)28/h2-8,11H,9-10H2,1H3,(H,29,36)(H,30,37). The molecule has 4 heterocycles. The van der Waals surface area contributed by atoms with Crippen molar-refractivity contribution in [2.75, 3.05) is 0 Å². The Morgan fingerprint density at radius 1 is 1.03 bits per heavy atom. The highest BCUT2D eigenvalue weighted by Crippen LogP contribution is 2.27. The Bertz CT molecular complexity index is 1810. The van der Waals surface area contributed by atoms with Crippen LogP contribution in [0.4, 0.5) is 17.6 Å². The summed E-state index contributed by atoms with van der Waals surface area (Å²) in [5.41, 5.74) is -0.672. The molecule has 0 spiro atoms. The van der Waals surface area contributed by atoms with Crippen molar-refractivity contribution < 1.29 is 31.6 Å². The Balaban J connectivity index is 1.36. The summed E-state index contributed by atoms with van der Waals surface area (Å²) in [6, 6.07) is 9.18. The van der Waals surface area contributed by atoms with Gasteiger partial charge in [-0.1, -0.05) is 12.1 Å². The molecule has 0 atom stereocenters. The van der Waals surface area contributed by atoms with Crippen LogP contribution in [-0.2, 0) is 26.3 Å². The smallest absolute Gasteiger partial charge is 0.408 e. The highest BCUT2D eigenvalue weighted by molar-refractivity contribution is 5.98. The molecular formula is C24H17F4N7O4. The molecule has 1 aromatic carbocycles. The second kappa shape index (κ2) is 9.66. The van der Waals surface area contributed by atoms with Crippen LogP contribution < -0.4 is 16.4 Å². The van der Waals surface area contributed by atoms with E-state index >= 15 is 0 Å². The van der Waals surface area contributed by atoms with Gasteiger partial charge < -0.3 is 15.1 Å². The van der Waals surface area contributed by atoms with Crippen molar-refractivity contribution in [3.63, 3.8) is 0 Å². The Morgan fingerprint density at radius 2 is 1.79 bits per heavy atom. The molecule has 2 N–H and O–H groups in total. The zero-order valence-electron chi connectivity index (χ0n) is 19.9. The first-order valence-corrected chi connectivity index (χ1v) is 11.2. The first-order valence-electron chi connectivity index (χ1n) is 11.2. The van der Waals surface area contributed by atoms with Crippen LogP contribution in [0.1, 0.15) is 37.9 Å². The van der Waals surface area contributed by atoms with Crippen molar-refractivity contribution in [2.24, 2.45) is 7.05 Å². The van der Waals surface area contributed by atoms with Crippen LogP contribution in [0.15, 0.2) is 57.9 Å². The van der Waals surface area contributed by atoms with Crippen LogP contribution in [0.3, 0.4) is 0 Å². The van der Waals surface area contributed by atoms with E-state index in [2.05, 4.69) is 25.7 Å². The Kier molecular flexibility index (Phi) is 6.33. The molecule has 4 aromatic heterocycles. The van der Waals surface area contributed by atoms with Gasteiger partial charge in [-0.25, -0.2) is 23.7 Å². The summed E-state index contributed by atoms with van der Waals surface area (Å²) in [5.74, 6) is -3.04. The number of rotatable bonds is 6. The van der Waals surface area contributed by atoms with E-state index in [1.807, 2.05) is 0 Å². The minimum atomic E-state index is -4.66. The summed E-state index contributed by atoms with van der Waals surface area (Å²) in [7, 11) is 1.53. The molecule has 0 fully saturated rings. The predicted octanol–water partition coefficient (Wildman–Crippen LogP) is 2.59. The van der Waals surface area contributed by atoms with Crippen LogP contribution in [-0.4, -0.2) is 36.0 Å². The minimum absolute atomic E-state index is 0.00545. The molecule has 0 aliphatic heterocycles. The number of hydrogen-bond donors (Lipinski definition) is 2. The summed E-state index contributed by atoms with van der Waals surface area (Å²) >= 11 is 0. The van der Waals surface area contributed by atoms with E-state index in [9.17, 15) is 31.9 Å². The molecule has 39 heavy (non-hydrogen) atoms. The molecule has 200 valence electrons. The van der Waals surface area contributed by atoms with Crippen LogP contribution in [0, 0.1) is 5.82 Å². The first kappa shape index (κ1) is 25.6. The normalized spacial score (nSPS) is 11.7. The zero-order valence-corrected chi connectivity index (χ0v) is 19.9. The van der Waals surface area contributed by atoms with E-state index in [0.29, 0.717) is 16.7 Å². The fraction of sp³-hybridized carbons (Fsp3) is 0.167. The van der Waals surface area contributed by atoms with Crippen molar-refractivity contribution in [3.8, 4) is 0 Å². The number of benzene rings is 1. The molecule has 0 saturated carbocycles. The molecule has 11 nitrogen and oxygen atoms in total. The van der Waals surface area contributed by atoms with Crippen LogP contribution in [0.25, 0.3) is 16.7 Å². The third-order valence-electron chi connectivity index (χ3n) is 5.73. The van der Waals surface area contributed by atoms with Crippen LogP contribution in [0.5, 0.6) is 0 Å². The molecule has 0 aliphatic rings. The molecule has 15 heteroatoms. The lowest BCUT2D eigenvalue weighted by Crippen LogP contribution is -2.29. The maximum Gasteiger partial charge on any atom is 0.433 e. The second-order valence-corrected chi connectivity index (χ2v) is 8.36. The number of carbonyl (C=O) groups is 2. The number of aromatic nitrogens is 5. The molecule has 2 amide bonds. The number of oxazole rings is 1. The van der Waals surface area contributed by atoms with E-state index in [1.54, 1.807) is 18.2 Å². The Morgan fingerprint density at radius 3 is 2.56 bits per heavy atom. The Labute approximate surface area is 215 Å². The number of aryl methyl sites for hydroxylation is 1. The monoisotopic (exact) mass is 543 g/mol. The Hall–Kier alpha value is -5.08. The van der Waals surface area contributed by atoms with Gasteiger partial charge in [0.2, 0.25) is 0 Å². The lowest BCUT2D eigenvalue weighted by atomic mass is 10.2. The van der Waals surface area contributed by atoms with Crippen LogP contribution >= 0.6 is 0 Å². The molecule has 5 aromatic rings. The topological polar surface area (TPSA) is 136 Å². The van der Waals surface area contributed by atoms with Gasteiger partial charge in [-0.05, 0) is 29.8 Å². The number of fused-ring (bicyclic) bond motifs is 2. The van der Waals surface area contributed by atoms with Crippen molar-refractivity contribution in [1.82, 2.24) is 34.8 Å². The third kappa shape index (κ3) is 5.05. The molecular weight excluding hydrogens is 526 g/mol. The zero-order chi connectivity index (χ0) is 27.9. The van der Waals surface area contributed by atoms with Crippen LogP contribution in [0.2, 0.25) is 0 Å². The summed E-state index contributed by atoms with van der Waals surface area (Å²) in [4.78, 5) is 44.9. The molecule has 5 rings (SSSR count). The molecule has 0 bridgehead atoms. The average molecular weight is 543 g/mol. The van der Waals surface area contributed by atoms with Gasteiger partial charge >= 0.3 is 11.9 Å². The highest BCUT2D eigenvalue weighted by Gasteiger charge is 2.32. The van der Waals surface area contributed by atoms with Crippen molar-refractivity contribution in [1.29, 1.82) is 0 Å². The number of nitrogens with one attached hydrogen (secondary N) is 2. The van der Waals surface area contributed by atoms with Gasteiger partial charge in [0.15, 0.2) is 17.0 Å². The number of nitrogens with zero attached hydrogens (tertiary/aromatic N) is 5. The average Bonchev–Trinajstić information content (AvgIpc) is 3.43. The van der Waals surface area contributed by atoms with E-state index < -0.39 is 40.9 Å². The predicted molar refractivity (Wildman–Crippen MR) is 126 cm³/mol. The molecule has 0 radical (unpaired) electrons. The molecule has 0 aliphatic carbocycles. The summed E-state index contributed by atoms with van der Waals surface area (Å²) < 4.78 is 60.3. The van der Waals surface area contributed by atoms with Gasteiger partial charge in [-0.3, -0.25) is 14.2 Å². The molecule has 0 unspecified atom stereocenters. The first-order chi connectivity index (χ1) is 18.5. The maximum absolute atomic E-state index is 14.3.